The second-order valence-electron chi connectivity index (χ2n) is 7.49. The molecule has 36 heavy (non-hydrogen) atoms. The van der Waals surface area contributed by atoms with Crippen LogP contribution in [0.2, 0.25) is 5.02 Å². The molecule has 0 saturated heterocycles. The number of methoxy groups -OCH3 is 1. The minimum atomic E-state index is -0.750. The molecular weight excluding hydrogens is 568 g/mol. The summed E-state index contributed by atoms with van der Waals surface area (Å²) in [6, 6.07) is 19.5. The third kappa shape index (κ3) is 6.04. The van der Waals surface area contributed by atoms with Crippen LogP contribution in [0.25, 0.3) is 10.1 Å². The van der Waals surface area contributed by atoms with Crippen LogP contribution in [0.5, 0.6) is 17.2 Å². The van der Waals surface area contributed by atoms with E-state index in [2.05, 4.69) is 26.5 Å². The molecule has 0 saturated carbocycles. The molecule has 0 aliphatic carbocycles. The molecule has 184 valence electrons. The van der Waals surface area contributed by atoms with E-state index in [4.69, 9.17) is 25.8 Å². The predicted molar refractivity (Wildman–Crippen MR) is 145 cm³/mol. The normalized spacial score (nSPS) is 11.9. The zero-order valence-corrected chi connectivity index (χ0v) is 22.3. The molecule has 0 aliphatic rings. The molecule has 3 aromatic carbocycles. The largest absolute Gasteiger partial charge is 0.493 e. The molecule has 0 fully saturated rings. The lowest BCUT2D eigenvalue weighted by molar-refractivity contribution is -0.127. The van der Waals surface area contributed by atoms with Crippen molar-refractivity contribution in [2.24, 2.45) is 5.10 Å². The number of carbonyl (C=O) groups excluding carboxylic acids is 2. The van der Waals surface area contributed by atoms with Crippen molar-refractivity contribution in [1.29, 1.82) is 0 Å². The van der Waals surface area contributed by atoms with Gasteiger partial charge in [0.1, 0.15) is 10.6 Å². The minimum Gasteiger partial charge on any atom is -0.493 e. The first-order valence-corrected chi connectivity index (χ1v) is 12.7. The monoisotopic (exact) mass is 586 g/mol. The van der Waals surface area contributed by atoms with Crippen molar-refractivity contribution in [3.8, 4) is 17.2 Å². The Labute approximate surface area is 224 Å². The summed E-state index contributed by atoms with van der Waals surface area (Å²) in [6.45, 7) is 1.63. The number of halogens is 2. The minimum absolute atomic E-state index is 0.230. The second kappa shape index (κ2) is 11.6. The summed E-state index contributed by atoms with van der Waals surface area (Å²) >= 11 is 11.0. The SMILES string of the molecule is COc1cc(/C=N\NC(=O)[C@@H](C)Oc2ccc(Br)cc2)ccc1OC(=O)c1sc2ccccc2c1Cl. The summed E-state index contributed by atoms with van der Waals surface area (Å²) in [4.78, 5) is 25.4. The number of fused-ring (bicyclic) bond motifs is 1. The average molecular weight is 588 g/mol. The quantitative estimate of drug-likeness (QED) is 0.111. The highest BCUT2D eigenvalue weighted by Gasteiger charge is 2.20. The zero-order chi connectivity index (χ0) is 25.7. The van der Waals surface area contributed by atoms with Gasteiger partial charge in [0.15, 0.2) is 17.6 Å². The van der Waals surface area contributed by atoms with Crippen LogP contribution in [-0.4, -0.2) is 31.3 Å². The molecule has 4 aromatic rings. The number of benzene rings is 3. The van der Waals surface area contributed by atoms with Gasteiger partial charge < -0.3 is 14.2 Å². The summed E-state index contributed by atoms with van der Waals surface area (Å²) in [5, 5.41) is 5.13. The molecule has 1 aromatic heterocycles. The molecular formula is C26H20BrClN2O5S. The van der Waals surface area contributed by atoms with Gasteiger partial charge in [0.05, 0.1) is 18.3 Å². The molecule has 0 aliphatic heterocycles. The van der Waals surface area contributed by atoms with E-state index >= 15 is 0 Å². The summed E-state index contributed by atoms with van der Waals surface area (Å²) in [5.74, 6) is 0.132. The molecule has 1 atom stereocenters. The number of nitrogens with zero attached hydrogens (tertiary/aromatic N) is 1. The molecule has 0 unspecified atom stereocenters. The van der Waals surface area contributed by atoms with E-state index in [0.717, 1.165) is 14.6 Å². The van der Waals surface area contributed by atoms with E-state index in [1.807, 2.05) is 36.4 Å². The first kappa shape index (κ1) is 25.7. The van der Waals surface area contributed by atoms with Gasteiger partial charge in [-0.15, -0.1) is 11.3 Å². The van der Waals surface area contributed by atoms with Crippen LogP contribution in [-0.2, 0) is 4.79 Å². The van der Waals surface area contributed by atoms with Gasteiger partial charge in [-0.25, -0.2) is 10.2 Å². The van der Waals surface area contributed by atoms with Crippen molar-refractivity contribution in [3.05, 3.63) is 86.7 Å². The van der Waals surface area contributed by atoms with Gasteiger partial charge in [0, 0.05) is 14.6 Å². The number of ether oxygens (including phenoxy) is 3. The van der Waals surface area contributed by atoms with Gasteiger partial charge in [0.2, 0.25) is 0 Å². The number of rotatable bonds is 8. The lowest BCUT2D eigenvalue weighted by Crippen LogP contribution is -2.33. The lowest BCUT2D eigenvalue weighted by Gasteiger charge is -2.13. The van der Waals surface area contributed by atoms with Crippen LogP contribution < -0.4 is 19.6 Å². The highest BCUT2D eigenvalue weighted by Crippen LogP contribution is 2.37. The van der Waals surface area contributed by atoms with Gasteiger partial charge in [-0.3, -0.25) is 4.79 Å². The van der Waals surface area contributed by atoms with Crippen molar-refractivity contribution < 1.29 is 23.8 Å². The van der Waals surface area contributed by atoms with E-state index < -0.39 is 18.0 Å². The van der Waals surface area contributed by atoms with E-state index in [-0.39, 0.29) is 5.75 Å². The Balaban J connectivity index is 1.39. The maximum Gasteiger partial charge on any atom is 0.355 e. The molecule has 0 radical (unpaired) electrons. The third-order valence-corrected chi connectivity index (χ3v) is 7.18. The smallest absolute Gasteiger partial charge is 0.355 e. The average Bonchev–Trinajstić information content (AvgIpc) is 3.22. The Morgan fingerprint density at radius 3 is 2.56 bits per heavy atom. The van der Waals surface area contributed by atoms with Gasteiger partial charge in [0.25, 0.3) is 5.91 Å². The van der Waals surface area contributed by atoms with Gasteiger partial charge in [-0.05, 0) is 61.0 Å². The molecule has 0 bridgehead atoms. The molecule has 4 rings (SSSR count). The summed E-state index contributed by atoms with van der Waals surface area (Å²) in [7, 11) is 1.46. The lowest BCUT2D eigenvalue weighted by atomic mass is 10.2. The number of carbonyl (C=O) groups is 2. The second-order valence-corrected chi connectivity index (χ2v) is 9.84. The Morgan fingerprint density at radius 1 is 1.08 bits per heavy atom. The number of hydrogen-bond donors (Lipinski definition) is 1. The van der Waals surface area contributed by atoms with Crippen LogP contribution in [0.4, 0.5) is 0 Å². The highest BCUT2D eigenvalue weighted by molar-refractivity contribution is 9.10. The van der Waals surface area contributed by atoms with Crippen molar-refractivity contribution in [2.75, 3.05) is 7.11 Å². The standard InChI is InChI=1S/C26H20BrClN2O5S/c1-15(34-18-10-8-17(27)9-11-18)25(31)30-29-14-16-7-12-20(21(13-16)33-2)35-26(32)24-23(28)19-5-3-4-6-22(19)36-24/h3-15H,1-2H3,(H,30,31)/b29-14-/t15-/m1/s1. The van der Waals surface area contributed by atoms with Crippen molar-refractivity contribution in [1.82, 2.24) is 5.43 Å². The van der Waals surface area contributed by atoms with Crippen molar-refractivity contribution in [2.45, 2.75) is 13.0 Å². The molecule has 1 amide bonds. The fourth-order valence-electron chi connectivity index (χ4n) is 3.17. The highest BCUT2D eigenvalue weighted by atomic mass is 79.9. The van der Waals surface area contributed by atoms with Crippen LogP contribution in [0.15, 0.2) is 76.3 Å². The van der Waals surface area contributed by atoms with Gasteiger partial charge >= 0.3 is 5.97 Å². The number of amides is 1. The van der Waals surface area contributed by atoms with Crippen molar-refractivity contribution >= 4 is 67.0 Å². The Bertz CT molecular complexity index is 1440. The van der Waals surface area contributed by atoms with E-state index in [1.165, 1.54) is 24.7 Å². The van der Waals surface area contributed by atoms with Gasteiger partial charge in [-0.2, -0.15) is 5.10 Å². The number of hydrazone groups is 1. The molecule has 7 nitrogen and oxygen atoms in total. The predicted octanol–water partition coefficient (Wildman–Crippen LogP) is 6.46. The zero-order valence-electron chi connectivity index (χ0n) is 19.2. The fraction of sp³-hybridized carbons (Fsp3) is 0.115. The number of hydrogen-bond acceptors (Lipinski definition) is 7. The van der Waals surface area contributed by atoms with Crippen molar-refractivity contribution in [3.63, 3.8) is 0 Å². The summed E-state index contributed by atoms with van der Waals surface area (Å²) < 4.78 is 18.3. The number of thiophene rings is 1. The van der Waals surface area contributed by atoms with Crippen LogP contribution in [0, 0.1) is 0 Å². The maximum absolute atomic E-state index is 12.8. The van der Waals surface area contributed by atoms with Crippen LogP contribution >= 0.6 is 38.9 Å². The molecule has 1 N–H and O–H groups in total. The number of esters is 1. The van der Waals surface area contributed by atoms with E-state index in [9.17, 15) is 9.59 Å². The number of nitrogens with one attached hydrogen (secondary N) is 1. The van der Waals surface area contributed by atoms with E-state index in [1.54, 1.807) is 37.3 Å². The van der Waals surface area contributed by atoms with E-state index in [0.29, 0.717) is 27.0 Å². The summed E-state index contributed by atoms with van der Waals surface area (Å²) in [5.41, 5.74) is 3.06. The molecule has 10 heteroatoms. The molecule has 0 spiro atoms. The Hall–Kier alpha value is -3.40. The third-order valence-electron chi connectivity index (χ3n) is 4.99. The maximum atomic E-state index is 12.8. The first-order valence-electron chi connectivity index (χ1n) is 10.7. The first-order chi connectivity index (χ1) is 17.4. The fourth-order valence-corrected chi connectivity index (χ4v) is 4.82. The Kier molecular flexibility index (Phi) is 8.25. The van der Waals surface area contributed by atoms with Crippen LogP contribution in [0.3, 0.4) is 0 Å². The van der Waals surface area contributed by atoms with Gasteiger partial charge in [-0.1, -0.05) is 45.7 Å². The topological polar surface area (TPSA) is 86.2 Å². The van der Waals surface area contributed by atoms with Crippen LogP contribution in [0.1, 0.15) is 22.2 Å². The summed E-state index contributed by atoms with van der Waals surface area (Å²) in [6.07, 6.45) is 0.696. The Morgan fingerprint density at radius 2 is 1.83 bits per heavy atom. The molecule has 1 heterocycles.